The van der Waals surface area contributed by atoms with Crippen molar-refractivity contribution in [1.29, 1.82) is 0 Å². The molecule has 2 heterocycles. The minimum atomic E-state index is 0.578. The van der Waals surface area contributed by atoms with Gasteiger partial charge in [-0.15, -0.1) is 0 Å². The van der Waals surface area contributed by atoms with Crippen molar-refractivity contribution in [3.05, 3.63) is 60.8 Å². The molecule has 0 spiro atoms. The highest BCUT2D eigenvalue weighted by molar-refractivity contribution is 7.99. The van der Waals surface area contributed by atoms with E-state index in [9.17, 15) is 0 Å². The number of aromatic nitrogens is 3. The number of hydrogen-bond acceptors (Lipinski definition) is 5. The number of hydrogen-bond donors (Lipinski definition) is 1. The molecule has 0 bridgehead atoms. The second-order valence-corrected chi connectivity index (χ2v) is 7.07. The summed E-state index contributed by atoms with van der Waals surface area (Å²) in [6.07, 6.45) is 1.81. The van der Waals surface area contributed by atoms with Crippen LogP contribution in [0.5, 0.6) is 11.5 Å². The van der Waals surface area contributed by atoms with Gasteiger partial charge in [-0.25, -0.2) is 4.98 Å². The van der Waals surface area contributed by atoms with E-state index < -0.39 is 0 Å². The van der Waals surface area contributed by atoms with Gasteiger partial charge in [-0.05, 0) is 32.0 Å². The number of H-pyrrole nitrogens is 1. The second-order valence-electron chi connectivity index (χ2n) is 6.04. The van der Waals surface area contributed by atoms with E-state index in [4.69, 9.17) is 14.5 Å². The zero-order valence-corrected chi connectivity index (χ0v) is 16.6. The standard InChI is InChI=1S/C22H21N3O2S/c1-3-26-19-13-17-18(14-20(19)27-4-2)25-22(24-17)28-21-11-6-5-9-15(21)16-10-7-8-12-23-16/h5-14H,3-4H2,1-2H3,(H,24,25). The number of pyridine rings is 1. The van der Waals surface area contributed by atoms with Gasteiger partial charge in [-0.2, -0.15) is 0 Å². The van der Waals surface area contributed by atoms with E-state index in [2.05, 4.69) is 22.1 Å². The summed E-state index contributed by atoms with van der Waals surface area (Å²) in [5.41, 5.74) is 3.80. The fraction of sp³-hybridized carbons (Fsp3) is 0.182. The van der Waals surface area contributed by atoms with Crippen molar-refractivity contribution >= 4 is 22.8 Å². The highest BCUT2D eigenvalue weighted by Crippen LogP contribution is 2.37. The first-order chi connectivity index (χ1) is 13.8. The Morgan fingerprint density at radius 3 is 2.43 bits per heavy atom. The Kier molecular flexibility index (Phi) is 5.48. The summed E-state index contributed by atoms with van der Waals surface area (Å²) in [5, 5.41) is 0.814. The van der Waals surface area contributed by atoms with Gasteiger partial charge in [0.15, 0.2) is 16.7 Å². The molecule has 2 aromatic heterocycles. The molecule has 5 nitrogen and oxygen atoms in total. The summed E-state index contributed by atoms with van der Waals surface area (Å²) in [4.78, 5) is 13.7. The van der Waals surface area contributed by atoms with Crippen LogP contribution in [-0.4, -0.2) is 28.2 Å². The fourth-order valence-electron chi connectivity index (χ4n) is 2.97. The van der Waals surface area contributed by atoms with Gasteiger partial charge in [-0.3, -0.25) is 4.98 Å². The van der Waals surface area contributed by atoms with Crippen LogP contribution in [0.4, 0.5) is 0 Å². The summed E-state index contributed by atoms with van der Waals surface area (Å²) < 4.78 is 11.4. The van der Waals surface area contributed by atoms with E-state index in [1.165, 1.54) is 0 Å². The number of imidazole rings is 1. The molecule has 1 N–H and O–H groups in total. The van der Waals surface area contributed by atoms with E-state index in [-0.39, 0.29) is 0 Å². The molecule has 0 aliphatic heterocycles. The van der Waals surface area contributed by atoms with Crippen LogP contribution < -0.4 is 9.47 Å². The van der Waals surface area contributed by atoms with Crippen LogP contribution in [-0.2, 0) is 0 Å². The first-order valence-corrected chi connectivity index (χ1v) is 10.1. The number of nitrogens with one attached hydrogen (secondary N) is 1. The monoisotopic (exact) mass is 391 g/mol. The van der Waals surface area contributed by atoms with Gasteiger partial charge in [-0.1, -0.05) is 36.0 Å². The number of ether oxygens (including phenoxy) is 2. The molecular formula is C22H21N3O2S. The molecule has 0 saturated heterocycles. The van der Waals surface area contributed by atoms with Crippen LogP contribution >= 0.6 is 11.8 Å². The lowest BCUT2D eigenvalue weighted by molar-refractivity contribution is 0.288. The van der Waals surface area contributed by atoms with Crippen LogP contribution in [0, 0.1) is 0 Å². The zero-order chi connectivity index (χ0) is 19.3. The van der Waals surface area contributed by atoms with Crippen molar-refractivity contribution in [2.75, 3.05) is 13.2 Å². The maximum atomic E-state index is 5.71. The Hall–Kier alpha value is -2.99. The van der Waals surface area contributed by atoms with Crippen molar-refractivity contribution in [2.24, 2.45) is 0 Å². The second kappa shape index (κ2) is 8.35. The highest BCUT2D eigenvalue weighted by atomic mass is 32.2. The number of benzene rings is 2. The molecule has 2 aromatic carbocycles. The Balaban J connectivity index is 1.69. The molecule has 4 aromatic rings. The number of rotatable bonds is 7. The molecule has 0 aliphatic rings. The van der Waals surface area contributed by atoms with E-state index in [0.29, 0.717) is 19.0 Å². The van der Waals surface area contributed by atoms with Crippen molar-refractivity contribution in [1.82, 2.24) is 15.0 Å². The van der Waals surface area contributed by atoms with E-state index >= 15 is 0 Å². The predicted octanol–water partition coefficient (Wildman–Crippen LogP) is 5.57. The lowest BCUT2D eigenvalue weighted by Crippen LogP contribution is -1.98. The molecule has 0 saturated carbocycles. The number of aromatic amines is 1. The normalized spacial score (nSPS) is 10.9. The summed E-state index contributed by atoms with van der Waals surface area (Å²) in [5.74, 6) is 1.44. The third-order valence-electron chi connectivity index (χ3n) is 4.16. The molecule has 0 fully saturated rings. The Labute approximate surface area is 168 Å². The van der Waals surface area contributed by atoms with E-state index in [1.807, 2.05) is 62.5 Å². The lowest BCUT2D eigenvalue weighted by atomic mass is 10.1. The average molecular weight is 391 g/mol. The smallest absolute Gasteiger partial charge is 0.171 e. The summed E-state index contributed by atoms with van der Waals surface area (Å²) >= 11 is 1.58. The lowest BCUT2D eigenvalue weighted by Gasteiger charge is -2.10. The molecule has 28 heavy (non-hydrogen) atoms. The van der Waals surface area contributed by atoms with Crippen LogP contribution in [0.2, 0.25) is 0 Å². The minimum absolute atomic E-state index is 0.578. The van der Waals surface area contributed by atoms with Gasteiger partial charge in [0.2, 0.25) is 0 Å². The van der Waals surface area contributed by atoms with Gasteiger partial charge in [0, 0.05) is 28.8 Å². The Morgan fingerprint density at radius 2 is 1.68 bits per heavy atom. The topological polar surface area (TPSA) is 60.0 Å². The van der Waals surface area contributed by atoms with Crippen LogP contribution in [0.3, 0.4) is 0 Å². The Morgan fingerprint density at radius 1 is 0.929 bits per heavy atom. The van der Waals surface area contributed by atoms with Gasteiger partial charge >= 0.3 is 0 Å². The van der Waals surface area contributed by atoms with Crippen LogP contribution in [0.1, 0.15) is 13.8 Å². The van der Waals surface area contributed by atoms with Crippen molar-refractivity contribution in [2.45, 2.75) is 23.9 Å². The van der Waals surface area contributed by atoms with Gasteiger partial charge < -0.3 is 14.5 Å². The SMILES string of the molecule is CCOc1cc2nc(Sc3ccccc3-c3ccccn3)[nH]c2cc1OCC. The third kappa shape index (κ3) is 3.82. The molecule has 6 heteroatoms. The van der Waals surface area contributed by atoms with E-state index in [0.717, 1.165) is 38.1 Å². The third-order valence-corrected chi connectivity index (χ3v) is 5.12. The molecular weight excluding hydrogens is 370 g/mol. The minimum Gasteiger partial charge on any atom is -0.490 e. The molecule has 4 rings (SSSR count). The highest BCUT2D eigenvalue weighted by Gasteiger charge is 2.13. The van der Waals surface area contributed by atoms with E-state index in [1.54, 1.807) is 11.8 Å². The first-order valence-electron chi connectivity index (χ1n) is 9.26. The zero-order valence-electron chi connectivity index (χ0n) is 15.8. The Bertz CT molecular complexity index is 1040. The molecule has 0 amide bonds. The summed E-state index contributed by atoms with van der Waals surface area (Å²) in [6, 6.07) is 18.0. The fourth-order valence-corrected chi connectivity index (χ4v) is 3.92. The first kappa shape index (κ1) is 18.4. The molecule has 0 unspecified atom stereocenters. The van der Waals surface area contributed by atoms with Gasteiger partial charge in [0.1, 0.15) is 0 Å². The average Bonchev–Trinajstić information content (AvgIpc) is 3.11. The van der Waals surface area contributed by atoms with Crippen molar-refractivity contribution < 1.29 is 9.47 Å². The van der Waals surface area contributed by atoms with Crippen LogP contribution in [0.25, 0.3) is 22.3 Å². The molecule has 0 aliphatic carbocycles. The summed E-state index contributed by atoms with van der Waals surface area (Å²) in [7, 11) is 0. The largest absolute Gasteiger partial charge is 0.490 e. The molecule has 0 atom stereocenters. The van der Waals surface area contributed by atoms with Gasteiger partial charge in [0.25, 0.3) is 0 Å². The van der Waals surface area contributed by atoms with Crippen molar-refractivity contribution in [3.63, 3.8) is 0 Å². The maximum Gasteiger partial charge on any atom is 0.171 e. The summed E-state index contributed by atoms with van der Waals surface area (Å²) in [6.45, 7) is 5.08. The number of nitrogens with zero attached hydrogens (tertiary/aromatic N) is 2. The van der Waals surface area contributed by atoms with Crippen molar-refractivity contribution in [3.8, 4) is 22.8 Å². The predicted molar refractivity (Wildman–Crippen MR) is 112 cm³/mol. The molecule has 142 valence electrons. The number of fused-ring (bicyclic) bond motifs is 1. The maximum absolute atomic E-state index is 5.71. The molecule has 0 radical (unpaired) electrons. The quantitative estimate of drug-likeness (QED) is 0.446. The van der Waals surface area contributed by atoms with Crippen LogP contribution in [0.15, 0.2) is 70.8 Å². The van der Waals surface area contributed by atoms with Gasteiger partial charge in [0.05, 0.1) is 29.9 Å².